The minimum Gasteiger partial charge on any atom is -0.495 e. The maximum Gasteiger partial charge on any atom is 0.331 e. The third-order valence-electron chi connectivity index (χ3n) is 5.61. The van der Waals surface area contributed by atoms with Crippen LogP contribution in [0.2, 0.25) is 0 Å². The quantitative estimate of drug-likeness (QED) is 0.326. The van der Waals surface area contributed by atoms with Gasteiger partial charge in [-0.3, -0.25) is 4.79 Å². The largest absolute Gasteiger partial charge is 0.495 e. The van der Waals surface area contributed by atoms with E-state index < -0.39 is 16.0 Å². The minimum atomic E-state index is -3.79. The Morgan fingerprint density at radius 1 is 1.15 bits per heavy atom. The number of esters is 1. The fraction of sp³-hybridized carbons (Fsp3) is 0.391. The van der Waals surface area contributed by atoms with E-state index in [1.807, 2.05) is 25.5 Å². The van der Waals surface area contributed by atoms with Crippen molar-refractivity contribution < 1.29 is 32.2 Å². The van der Waals surface area contributed by atoms with E-state index >= 15 is 0 Å². The Labute approximate surface area is 193 Å². The lowest BCUT2D eigenvalue weighted by Gasteiger charge is -2.26. The van der Waals surface area contributed by atoms with Crippen LogP contribution in [-0.4, -0.2) is 69.1 Å². The molecule has 178 valence electrons. The van der Waals surface area contributed by atoms with Gasteiger partial charge in [0.05, 0.1) is 20.3 Å². The van der Waals surface area contributed by atoms with Gasteiger partial charge in [-0.15, -0.1) is 0 Å². The molecule has 1 fully saturated rings. The first kappa shape index (κ1) is 24.7. The highest BCUT2D eigenvalue weighted by molar-refractivity contribution is 7.89. The summed E-state index contributed by atoms with van der Waals surface area (Å²) in [6.07, 6.45) is 2.59. The number of hydrogen-bond acceptors (Lipinski definition) is 7. The Balaban J connectivity index is 1.70. The van der Waals surface area contributed by atoms with Crippen LogP contribution in [0.25, 0.3) is 6.08 Å². The number of sulfonamides is 1. The van der Waals surface area contributed by atoms with Crippen LogP contribution in [0.4, 0.5) is 0 Å². The molecule has 10 heteroatoms. The molecule has 0 N–H and O–H groups in total. The first-order valence-corrected chi connectivity index (χ1v) is 11.9. The highest BCUT2D eigenvalue weighted by atomic mass is 32.2. The van der Waals surface area contributed by atoms with Gasteiger partial charge in [0.15, 0.2) is 6.61 Å². The zero-order valence-electron chi connectivity index (χ0n) is 19.2. The number of nitrogens with zero attached hydrogens (tertiary/aromatic N) is 2. The number of ether oxygens (including phenoxy) is 3. The SMILES string of the molecule is COc1ccc(C=CC(=O)OCC(=O)c2cc(C)n(C)c2C)cc1S(=O)(=O)N1CCOCC1. The van der Waals surface area contributed by atoms with Crippen LogP contribution < -0.4 is 4.74 Å². The van der Waals surface area contributed by atoms with Crippen molar-refractivity contribution in [1.82, 2.24) is 8.87 Å². The summed E-state index contributed by atoms with van der Waals surface area (Å²) in [5, 5.41) is 0. The van der Waals surface area contributed by atoms with E-state index in [2.05, 4.69) is 0 Å². The second-order valence-corrected chi connectivity index (χ2v) is 9.54. The molecule has 0 radical (unpaired) electrons. The molecule has 0 atom stereocenters. The molecule has 1 aromatic carbocycles. The van der Waals surface area contributed by atoms with E-state index in [0.29, 0.717) is 24.3 Å². The van der Waals surface area contributed by atoms with Gasteiger partial charge in [0.25, 0.3) is 0 Å². The Morgan fingerprint density at radius 2 is 1.85 bits per heavy atom. The zero-order chi connectivity index (χ0) is 24.2. The average Bonchev–Trinajstić information content (AvgIpc) is 3.08. The molecule has 0 saturated carbocycles. The summed E-state index contributed by atoms with van der Waals surface area (Å²) in [6.45, 7) is 4.50. The molecule has 0 bridgehead atoms. The summed E-state index contributed by atoms with van der Waals surface area (Å²) in [7, 11) is -0.536. The van der Waals surface area contributed by atoms with Crippen molar-refractivity contribution in [2.75, 3.05) is 40.0 Å². The molecule has 1 aromatic heterocycles. The normalized spacial score (nSPS) is 15.0. The average molecular weight is 477 g/mol. The predicted molar refractivity (Wildman–Crippen MR) is 122 cm³/mol. The molecule has 0 spiro atoms. The number of methoxy groups -OCH3 is 1. The molecule has 2 aromatic rings. The lowest BCUT2D eigenvalue weighted by atomic mass is 10.1. The van der Waals surface area contributed by atoms with Crippen LogP contribution in [-0.2, 0) is 31.3 Å². The Kier molecular flexibility index (Phi) is 7.72. The fourth-order valence-corrected chi connectivity index (χ4v) is 5.09. The van der Waals surface area contributed by atoms with Crippen molar-refractivity contribution in [3.63, 3.8) is 0 Å². The number of morpholine rings is 1. The van der Waals surface area contributed by atoms with Crippen molar-refractivity contribution in [1.29, 1.82) is 0 Å². The highest BCUT2D eigenvalue weighted by Gasteiger charge is 2.29. The van der Waals surface area contributed by atoms with E-state index in [4.69, 9.17) is 14.2 Å². The standard InChI is InChI=1S/C23H28N2O7S/c1-16-13-19(17(2)24(16)3)20(26)15-32-23(27)8-6-18-5-7-21(30-4)22(14-18)33(28,29)25-9-11-31-12-10-25/h5-8,13-14H,9-12,15H2,1-4H3. The van der Waals surface area contributed by atoms with E-state index in [0.717, 1.165) is 17.5 Å². The summed E-state index contributed by atoms with van der Waals surface area (Å²) in [6, 6.07) is 6.36. The molecular formula is C23H28N2O7S. The maximum atomic E-state index is 13.1. The molecule has 3 rings (SSSR count). The molecule has 9 nitrogen and oxygen atoms in total. The maximum absolute atomic E-state index is 13.1. The molecule has 1 aliphatic rings. The summed E-state index contributed by atoms with van der Waals surface area (Å²) in [5.41, 5.74) is 2.72. The molecule has 2 heterocycles. The summed E-state index contributed by atoms with van der Waals surface area (Å²) >= 11 is 0. The number of aromatic nitrogens is 1. The summed E-state index contributed by atoms with van der Waals surface area (Å²) < 4.78 is 44.9. The van der Waals surface area contributed by atoms with Gasteiger partial charge in [-0.2, -0.15) is 4.31 Å². The van der Waals surface area contributed by atoms with Gasteiger partial charge < -0.3 is 18.8 Å². The van der Waals surface area contributed by atoms with Gasteiger partial charge in [-0.1, -0.05) is 6.07 Å². The van der Waals surface area contributed by atoms with E-state index in [-0.39, 0.29) is 36.1 Å². The second-order valence-electron chi connectivity index (χ2n) is 7.63. The number of ketones is 1. The zero-order valence-corrected chi connectivity index (χ0v) is 20.0. The van der Waals surface area contributed by atoms with Gasteiger partial charge in [-0.25, -0.2) is 13.2 Å². The van der Waals surface area contributed by atoms with Gasteiger partial charge in [-0.05, 0) is 43.7 Å². The van der Waals surface area contributed by atoms with Gasteiger partial charge in [0, 0.05) is 43.2 Å². The molecule has 0 amide bonds. The second kappa shape index (κ2) is 10.3. The smallest absolute Gasteiger partial charge is 0.331 e. The Bertz CT molecular complexity index is 1180. The van der Waals surface area contributed by atoms with Crippen molar-refractivity contribution in [3.05, 3.63) is 52.9 Å². The van der Waals surface area contributed by atoms with Crippen LogP contribution in [0.15, 0.2) is 35.2 Å². The van der Waals surface area contributed by atoms with E-state index in [9.17, 15) is 18.0 Å². The van der Waals surface area contributed by atoms with Crippen molar-refractivity contribution in [2.45, 2.75) is 18.7 Å². The first-order chi connectivity index (χ1) is 15.6. The minimum absolute atomic E-state index is 0.00696. The van der Waals surface area contributed by atoms with Crippen molar-refractivity contribution in [3.8, 4) is 5.75 Å². The highest BCUT2D eigenvalue weighted by Crippen LogP contribution is 2.29. The monoisotopic (exact) mass is 476 g/mol. The third-order valence-corrected chi connectivity index (χ3v) is 7.53. The molecular weight excluding hydrogens is 448 g/mol. The first-order valence-electron chi connectivity index (χ1n) is 10.4. The molecule has 0 aliphatic carbocycles. The predicted octanol–water partition coefficient (Wildman–Crippen LogP) is 2.11. The van der Waals surface area contributed by atoms with E-state index in [1.54, 1.807) is 12.1 Å². The van der Waals surface area contributed by atoms with Crippen LogP contribution in [0.1, 0.15) is 27.3 Å². The van der Waals surface area contributed by atoms with Crippen molar-refractivity contribution >= 4 is 27.9 Å². The molecule has 1 aliphatic heterocycles. The number of aryl methyl sites for hydroxylation is 1. The van der Waals surface area contributed by atoms with Gasteiger partial charge in [0.1, 0.15) is 10.6 Å². The van der Waals surface area contributed by atoms with Crippen molar-refractivity contribution in [2.24, 2.45) is 7.05 Å². The lowest BCUT2D eigenvalue weighted by molar-refractivity contribution is -0.136. The van der Waals surface area contributed by atoms with E-state index in [1.165, 1.54) is 29.6 Å². The van der Waals surface area contributed by atoms with Crippen LogP contribution in [0.3, 0.4) is 0 Å². The number of rotatable bonds is 8. The lowest BCUT2D eigenvalue weighted by Crippen LogP contribution is -2.40. The Hall–Kier alpha value is -2.95. The summed E-state index contributed by atoms with van der Waals surface area (Å²) in [5.74, 6) is -0.788. The number of benzene rings is 1. The van der Waals surface area contributed by atoms with Crippen LogP contribution in [0.5, 0.6) is 5.75 Å². The van der Waals surface area contributed by atoms with Crippen LogP contribution >= 0.6 is 0 Å². The molecule has 0 unspecified atom stereocenters. The van der Waals surface area contributed by atoms with Gasteiger partial charge >= 0.3 is 5.97 Å². The molecule has 1 saturated heterocycles. The molecule has 33 heavy (non-hydrogen) atoms. The number of carbonyl (C=O) groups is 2. The fourth-order valence-electron chi connectivity index (χ4n) is 3.49. The summed E-state index contributed by atoms with van der Waals surface area (Å²) in [4.78, 5) is 24.5. The number of carbonyl (C=O) groups excluding carboxylic acids is 2. The topological polar surface area (TPSA) is 104 Å². The third kappa shape index (κ3) is 5.52. The van der Waals surface area contributed by atoms with Crippen LogP contribution in [0, 0.1) is 13.8 Å². The Morgan fingerprint density at radius 3 is 2.45 bits per heavy atom. The number of hydrogen-bond donors (Lipinski definition) is 0. The van der Waals surface area contributed by atoms with Gasteiger partial charge in [0.2, 0.25) is 15.8 Å². The number of Topliss-reactive ketones (excluding diaryl/α,β-unsaturated/α-hetero) is 1.